The smallest absolute Gasteiger partial charge is 0.237 e. The average Bonchev–Trinajstić information content (AvgIpc) is 3.31. The summed E-state index contributed by atoms with van der Waals surface area (Å²) in [6.45, 7) is 4.08. The van der Waals surface area contributed by atoms with Crippen molar-refractivity contribution >= 4 is 40.2 Å². The number of aromatic amines is 1. The first-order valence-electron chi connectivity index (χ1n) is 8.67. The molecule has 0 bridgehead atoms. The Bertz CT molecular complexity index is 870. The van der Waals surface area contributed by atoms with Crippen molar-refractivity contribution in [3.05, 3.63) is 36.8 Å². The SMILES string of the molecule is CC(Sc1nc2ncncc2[nH]1)C(=O)Nc1ccc(N2CCCC2)cc1. The van der Waals surface area contributed by atoms with Crippen LogP contribution < -0.4 is 10.2 Å². The van der Waals surface area contributed by atoms with Crippen LogP contribution in [0.4, 0.5) is 11.4 Å². The van der Waals surface area contributed by atoms with Crippen molar-refractivity contribution in [1.29, 1.82) is 0 Å². The summed E-state index contributed by atoms with van der Waals surface area (Å²) >= 11 is 1.37. The number of nitrogens with one attached hydrogen (secondary N) is 2. The molecule has 0 aliphatic carbocycles. The van der Waals surface area contributed by atoms with E-state index in [2.05, 4.69) is 42.3 Å². The lowest BCUT2D eigenvalue weighted by Gasteiger charge is -2.18. The van der Waals surface area contributed by atoms with Gasteiger partial charge in [0.1, 0.15) is 11.8 Å². The molecule has 3 heterocycles. The summed E-state index contributed by atoms with van der Waals surface area (Å²) in [5.41, 5.74) is 3.39. The van der Waals surface area contributed by atoms with Crippen LogP contribution in [0.25, 0.3) is 11.2 Å². The first kappa shape index (κ1) is 16.8. The van der Waals surface area contributed by atoms with Gasteiger partial charge in [0.25, 0.3) is 0 Å². The van der Waals surface area contributed by atoms with Gasteiger partial charge in [-0.2, -0.15) is 0 Å². The van der Waals surface area contributed by atoms with E-state index in [1.165, 1.54) is 36.6 Å². The molecule has 1 atom stereocenters. The monoisotopic (exact) mass is 368 g/mol. The van der Waals surface area contributed by atoms with Gasteiger partial charge >= 0.3 is 0 Å². The van der Waals surface area contributed by atoms with Crippen LogP contribution in [0.2, 0.25) is 0 Å². The molecule has 1 fully saturated rings. The van der Waals surface area contributed by atoms with Crippen LogP contribution >= 0.6 is 11.8 Å². The van der Waals surface area contributed by atoms with Gasteiger partial charge in [-0.15, -0.1) is 0 Å². The number of aromatic nitrogens is 4. The topological polar surface area (TPSA) is 86.8 Å². The van der Waals surface area contributed by atoms with E-state index in [1.807, 2.05) is 19.1 Å². The predicted octanol–water partition coefficient (Wildman–Crippen LogP) is 3.07. The number of carbonyl (C=O) groups is 1. The van der Waals surface area contributed by atoms with Gasteiger partial charge < -0.3 is 15.2 Å². The minimum Gasteiger partial charge on any atom is -0.372 e. The van der Waals surface area contributed by atoms with Gasteiger partial charge in [0.05, 0.1) is 11.4 Å². The fourth-order valence-corrected chi connectivity index (χ4v) is 3.80. The van der Waals surface area contributed by atoms with Crippen LogP contribution in [-0.2, 0) is 4.79 Å². The Morgan fingerprint density at radius 3 is 2.77 bits per heavy atom. The lowest BCUT2D eigenvalue weighted by molar-refractivity contribution is -0.115. The molecule has 1 amide bonds. The second-order valence-corrected chi connectivity index (χ2v) is 7.62. The van der Waals surface area contributed by atoms with Gasteiger partial charge in [-0.25, -0.2) is 15.0 Å². The number of fused-ring (bicyclic) bond motifs is 1. The van der Waals surface area contributed by atoms with Crippen molar-refractivity contribution in [2.75, 3.05) is 23.3 Å². The molecule has 7 nitrogen and oxygen atoms in total. The fourth-order valence-electron chi connectivity index (χ4n) is 2.99. The van der Waals surface area contributed by atoms with E-state index >= 15 is 0 Å². The van der Waals surface area contributed by atoms with Crippen molar-refractivity contribution in [2.45, 2.75) is 30.2 Å². The quantitative estimate of drug-likeness (QED) is 0.673. The Hall–Kier alpha value is -2.61. The van der Waals surface area contributed by atoms with Crippen LogP contribution in [0.3, 0.4) is 0 Å². The molecule has 26 heavy (non-hydrogen) atoms. The first-order valence-corrected chi connectivity index (χ1v) is 9.55. The standard InChI is InChI=1S/C18H20N6OS/c1-12(26-18-22-15-10-19-11-20-16(15)23-18)17(25)21-13-4-6-14(7-5-13)24-8-2-3-9-24/h4-7,10-12H,2-3,8-9H2,1H3,(H,21,25)(H,19,20,22,23). The molecule has 0 saturated carbocycles. The number of thioether (sulfide) groups is 1. The van der Waals surface area contributed by atoms with Gasteiger partial charge in [-0.1, -0.05) is 11.8 Å². The molecule has 134 valence electrons. The highest BCUT2D eigenvalue weighted by molar-refractivity contribution is 8.00. The van der Waals surface area contributed by atoms with Crippen LogP contribution in [0.5, 0.6) is 0 Å². The molecular formula is C18H20N6OS. The lowest BCUT2D eigenvalue weighted by atomic mass is 10.2. The second kappa shape index (κ2) is 7.33. The molecule has 2 aromatic heterocycles. The molecule has 1 unspecified atom stereocenters. The number of H-pyrrole nitrogens is 1. The molecule has 1 aliphatic rings. The van der Waals surface area contributed by atoms with Crippen molar-refractivity contribution in [3.63, 3.8) is 0 Å². The van der Waals surface area contributed by atoms with Crippen LogP contribution in [0.15, 0.2) is 41.9 Å². The number of carbonyl (C=O) groups excluding carboxylic acids is 1. The number of anilines is 2. The van der Waals surface area contributed by atoms with E-state index in [4.69, 9.17) is 0 Å². The van der Waals surface area contributed by atoms with Crippen molar-refractivity contribution < 1.29 is 4.79 Å². The van der Waals surface area contributed by atoms with Gasteiger partial charge in [0.2, 0.25) is 5.91 Å². The molecule has 1 saturated heterocycles. The van der Waals surface area contributed by atoms with E-state index in [0.717, 1.165) is 24.3 Å². The van der Waals surface area contributed by atoms with E-state index in [1.54, 1.807) is 6.20 Å². The third-order valence-electron chi connectivity index (χ3n) is 4.40. The normalized spacial score (nSPS) is 15.3. The maximum Gasteiger partial charge on any atom is 0.237 e. The highest BCUT2D eigenvalue weighted by Gasteiger charge is 2.17. The molecule has 0 spiro atoms. The number of nitrogens with zero attached hydrogens (tertiary/aromatic N) is 4. The maximum absolute atomic E-state index is 12.5. The number of amides is 1. The third kappa shape index (κ3) is 3.65. The molecule has 4 rings (SSSR count). The summed E-state index contributed by atoms with van der Waals surface area (Å²) in [7, 11) is 0. The highest BCUT2D eigenvalue weighted by atomic mass is 32.2. The third-order valence-corrected chi connectivity index (χ3v) is 5.39. The Labute approximate surface area is 155 Å². The number of rotatable bonds is 5. The molecule has 8 heteroatoms. The summed E-state index contributed by atoms with van der Waals surface area (Å²) < 4.78 is 0. The predicted molar refractivity (Wildman–Crippen MR) is 104 cm³/mol. The minimum absolute atomic E-state index is 0.0598. The highest BCUT2D eigenvalue weighted by Crippen LogP contribution is 2.25. The number of hydrogen-bond donors (Lipinski definition) is 2. The number of benzene rings is 1. The zero-order valence-electron chi connectivity index (χ0n) is 14.5. The second-order valence-electron chi connectivity index (χ2n) is 6.29. The van der Waals surface area contributed by atoms with E-state index in [9.17, 15) is 4.79 Å². The van der Waals surface area contributed by atoms with Crippen LogP contribution in [-0.4, -0.2) is 44.2 Å². The average molecular weight is 368 g/mol. The van der Waals surface area contributed by atoms with E-state index < -0.39 is 0 Å². The first-order chi connectivity index (χ1) is 12.7. The summed E-state index contributed by atoms with van der Waals surface area (Å²) in [6, 6.07) is 8.05. The molecule has 1 aliphatic heterocycles. The Morgan fingerprint density at radius 1 is 1.27 bits per heavy atom. The van der Waals surface area contributed by atoms with Gasteiger partial charge in [0.15, 0.2) is 10.8 Å². The molecule has 0 radical (unpaired) electrons. The summed E-state index contributed by atoms with van der Waals surface area (Å²) in [4.78, 5) is 30.4. The zero-order valence-corrected chi connectivity index (χ0v) is 15.3. The lowest BCUT2D eigenvalue weighted by Crippen LogP contribution is -2.22. The minimum atomic E-state index is -0.290. The zero-order chi connectivity index (χ0) is 17.9. The van der Waals surface area contributed by atoms with Crippen molar-refractivity contribution in [2.24, 2.45) is 0 Å². The molecule has 1 aromatic carbocycles. The van der Waals surface area contributed by atoms with E-state index in [0.29, 0.717) is 10.8 Å². The molecule has 3 aromatic rings. The summed E-state index contributed by atoms with van der Waals surface area (Å²) in [6.07, 6.45) is 5.63. The number of imidazole rings is 1. The summed E-state index contributed by atoms with van der Waals surface area (Å²) in [5.74, 6) is -0.0598. The number of hydrogen-bond acceptors (Lipinski definition) is 6. The molecule has 2 N–H and O–H groups in total. The van der Waals surface area contributed by atoms with Crippen molar-refractivity contribution in [1.82, 2.24) is 19.9 Å². The summed E-state index contributed by atoms with van der Waals surface area (Å²) in [5, 5.41) is 3.34. The Kier molecular flexibility index (Phi) is 4.75. The van der Waals surface area contributed by atoms with Gasteiger partial charge in [0, 0.05) is 24.5 Å². The largest absolute Gasteiger partial charge is 0.372 e. The van der Waals surface area contributed by atoms with Crippen LogP contribution in [0, 0.1) is 0 Å². The Balaban J connectivity index is 1.37. The van der Waals surface area contributed by atoms with Gasteiger partial charge in [-0.3, -0.25) is 4.79 Å². The molecular weight excluding hydrogens is 348 g/mol. The van der Waals surface area contributed by atoms with Crippen LogP contribution in [0.1, 0.15) is 19.8 Å². The maximum atomic E-state index is 12.5. The van der Waals surface area contributed by atoms with Crippen molar-refractivity contribution in [3.8, 4) is 0 Å². The fraction of sp³-hybridized carbons (Fsp3) is 0.333. The van der Waals surface area contributed by atoms with E-state index in [-0.39, 0.29) is 11.2 Å². The Morgan fingerprint density at radius 2 is 2.04 bits per heavy atom. The van der Waals surface area contributed by atoms with Gasteiger partial charge in [-0.05, 0) is 44.0 Å².